The van der Waals surface area contributed by atoms with Crippen molar-refractivity contribution < 1.29 is 4.79 Å². The van der Waals surface area contributed by atoms with Crippen LogP contribution in [0.1, 0.15) is 30.1 Å². The van der Waals surface area contributed by atoms with Crippen LogP contribution >= 0.6 is 0 Å². The summed E-state index contributed by atoms with van der Waals surface area (Å²) in [5, 5.41) is 4.08. The highest BCUT2D eigenvalue weighted by Gasteiger charge is 2.27. The first-order chi connectivity index (χ1) is 8.24. The Morgan fingerprint density at radius 1 is 1.35 bits per heavy atom. The third-order valence-corrected chi connectivity index (χ3v) is 3.54. The average molecular weight is 228 g/mol. The van der Waals surface area contributed by atoms with Crippen LogP contribution in [0.25, 0.3) is 10.9 Å². The van der Waals surface area contributed by atoms with Crippen LogP contribution in [-0.2, 0) is 0 Å². The van der Waals surface area contributed by atoms with E-state index >= 15 is 0 Å². The van der Waals surface area contributed by atoms with Gasteiger partial charge in [-0.2, -0.15) is 0 Å². The largest absolute Gasteiger partial charge is 0.360 e. The Morgan fingerprint density at radius 2 is 2.12 bits per heavy atom. The zero-order valence-electron chi connectivity index (χ0n) is 9.86. The molecule has 2 aromatic rings. The molecule has 1 aliphatic carbocycles. The fourth-order valence-electron chi connectivity index (χ4n) is 2.54. The zero-order valence-corrected chi connectivity index (χ0v) is 9.86. The van der Waals surface area contributed by atoms with Gasteiger partial charge in [-0.25, -0.2) is 0 Å². The fourth-order valence-corrected chi connectivity index (χ4v) is 2.54. The molecule has 0 unspecified atom stereocenters. The molecular formula is C14H16N2O. The molecule has 0 radical (unpaired) electrons. The van der Waals surface area contributed by atoms with Gasteiger partial charge in [-0.1, -0.05) is 25.1 Å². The third kappa shape index (κ3) is 1.82. The van der Waals surface area contributed by atoms with Crippen LogP contribution in [0, 0.1) is 5.92 Å². The van der Waals surface area contributed by atoms with E-state index in [0.717, 1.165) is 35.2 Å². The number of carbonyl (C=O) groups excluding carboxylic acids is 1. The highest BCUT2D eigenvalue weighted by atomic mass is 16.1. The Morgan fingerprint density at radius 3 is 2.88 bits per heavy atom. The van der Waals surface area contributed by atoms with Crippen LogP contribution in [-0.4, -0.2) is 16.9 Å². The van der Waals surface area contributed by atoms with Crippen molar-refractivity contribution in [2.45, 2.75) is 25.8 Å². The minimum absolute atomic E-state index is 0.0411. The Labute approximate surface area is 100 Å². The van der Waals surface area contributed by atoms with Crippen molar-refractivity contribution in [1.29, 1.82) is 0 Å². The number of fused-ring (bicyclic) bond motifs is 1. The van der Waals surface area contributed by atoms with Gasteiger partial charge in [-0.15, -0.1) is 0 Å². The van der Waals surface area contributed by atoms with Crippen molar-refractivity contribution in [3.05, 3.63) is 36.0 Å². The minimum Gasteiger partial charge on any atom is -0.360 e. The number of aromatic nitrogens is 1. The summed E-state index contributed by atoms with van der Waals surface area (Å²) in [7, 11) is 0. The highest BCUT2D eigenvalue weighted by molar-refractivity contribution is 6.06. The topological polar surface area (TPSA) is 44.9 Å². The van der Waals surface area contributed by atoms with Crippen LogP contribution in [0.15, 0.2) is 30.5 Å². The van der Waals surface area contributed by atoms with E-state index < -0.39 is 0 Å². The first kappa shape index (κ1) is 10.4. The molecule has 1 aromatic heterocycles. The van der Waals surface area contributed by atoms with Gasteiger partial charge in [-0.3, -0.25) is 4.79 Å². The molecule has 1 heterocycles. The van der Waals surface area contributed by atoms with Crippen LogP contribution in [0.3, 0.4) is 0 Å². The van der Waals surface area contributed by atoms with Gasteiger partial charge in [0.05, 0.1) is 5.56 Å². The molecule has 0 atom stereocenters. The van der Waals surface area contributed by atoms with Gasteiger partial charge in [0.15, 0.2) is 0 Å². The first-order valence-corrected chi connectivity index (χ1v) is 6.11. The molecule has 0 bridgehead atoms. The van der Waals surface area contributed by atoms with Crippen LogP contribution in [0.5, 0.6) is 0 Å². The lowest BCUT2D eigenvalue weighted by atomic mass is 9.82. The van der Waals surface area contributed by atoms with E-state index in [-0.39, 0.29) is 5.91 Å². The third-order valence-electron chi connectivity index (χ3n) is 3.54. The van der Waals surface area contributed by atoms with E-state index in [4.69, 9.17) is 0 Å². The summed E-state index contributed by atoms with van der Waals surface area (Å²) in [6.45, 7) is 2.22. The van der Waals surface area contributed by atoms with Crippen molar-refractivity contribution in [2.75, 3.05) is 0 Å². The molecule has 0 saturated heterocycles. The molecule has 1 aliphatic rings. The molecule has 3 heteroatoms. The molecule has 3 nitrogen and oxygen atoms in total. The summed E-state index contributed by atoms with van der Waals surface area (Å²) < 4.78 is 0. The second-order valence-electron chi connectivity index (χ2n) is 4.99. The first-order valence-electron chi connectivity index (χ1n) is 6.11. The van der Waals surface area contributed by atoms with Gasteiger partial charge in [0, 0.05) is 23.1 Å². The van der Waals surface area contributed by atoms with E-state index in [1.165, 1.54) is 0 Å². The molecular weight excluding hydrogens is 212 g/mol. The van der Waals surface area contributed by atoms with Gasteiger partial charge in [0.2, 0.25) is 0 Å². The maximum atomic E-state index is 12.1. The molecule has 1 saturated carbocycles. The second-order valence-corrected chi connectivity index (χ2v) is 4.99. The lowest BCUT2D eigenvalue weighted by molar-refractivity contribution is 0.0898. The maximum Gasteiger partial charge on any atom is 0.253 e. The van der Waals surface area contributed by atoms with E-state index in [9.17, 15) is 4.79 Å². The molecule has 2 N–H and O–H groups in total. The van der Waals surface area contributed by atoms with E-state index in [2.05, 4.69) is 17.2 Å². The zero-order chi connectivity index (χ0) is 11.8. The van der Waals surface area contributed by atoms with Gasteiger partial charge in [-0.05, 0) is 24.8 Å². The fraction of sp³-hybridized carbons (Fsp3) is 0.357. The molecule has 17 heavy (non-hydrogen) atoms. The maximum absolute atomic E-state index is 12.1. The van der Waals surface area contributed by atoms with Crippen molar-refractivity contribution in [2.24, 2.45) is 5.92 Å². The summed E-state index contributed by atoms with van der Waals surface area (Å²) in [4.78, 5) is 15.2. The van der Waals surface area contributed by atoms with Crippen LogP contribution < -0.4 is 5.32 Å². The van der Waals surface area contributed by atoms with Crippen molar-refractivity contribution in [3.63, 3.8) is 0 Å². The molecule has 88 valence electrons. The molecule has 1 aromatic carbocycles. The number of para-hydroxylation sites is 1. The SMILES string of the molecule is CC1CC(NC(=O)c2c[nH]c3ccccc23)C1. The number of H-pyrrole nitrogens is 1. The van der Waals surface area contributed by atoms with Crippen molar-refractivity contribution >= 4 is 16.8 Å². The summed E-state index contributed by atoms with van der Waals surface area (Å²) in [6, 6.07) is 8.25. The molecule has 3 rings (SSSR count). The Hall–Kier alpha value is -1.77. The van der Waals surface area contributed by atoms with Crippen LogP contribution in [0.4, 0.5) is 0 Å². The number of carbonyl (C=O) groups is 1. The van der Waals surface area contributed by atoms with Gasteiger partial charge < -0.3 is 10.3 Å². The van der Waals surface area contributed by atoms with Gasteiger partial charge >= 0.3 is 0 Å². The Balaban J connectivity index is 1.81. The number of hydrogen-bond donors (Lipinski definition) is 2. The van der Waals surface area contributed by atoms with Crippen LogP contribution in [0.2, 0.25) is 0 Å². The number of amides is 1. The van der Waals surface area contributed by atoms with E-state index in [0.29, 0.717) is 6.04 Å². The van der Waals surface area contributed by atoms with Crippen molar-refractivity contribution in [3.8, 4) is 0 Å². The predicted octanol–water partition coefficient (Wildman–Crippen LogP) is 2.70. The number of benzene rings is 1. The van der Waals surface area contributed by atoms with E-state index in [1.807, 2.05) is 24.3 Å². The standard InChI is InChI=1S/C14H16N2O/c1-9-6-10(7-9)16-14(17)12-8-15-13-5-3-2-4-11(12)13/h2-5,8-10,15H,6-7H2,1H3,(H,16,17). The monoisotopic (exact) mass is 228 g/mol. The number of rotatable bonds is 2. The smallest absolute Gasteiger partial charge is 0.253 e. The molecule has 0 spiro atoms. The molecule has 1 amide bonds. The van der Waals surface area contributed by atoms with E-state index in [1.54, 1.807) is 6.20 Å². The molecule has 0 aliphatic heterocycles. The lowest BCUT2D eigenvalue weighted by Gasteiger charge is -2.33. The normalized spacial score (nSPS) is 23.4. The number of hydrogen-bond acceptors (Lipinski definition) is 1. The van der Waals surface area contributed by atoms with Crippen molar-refractivity contribution in [1.82, 2.24) is 10.3 Å². The predicted molar refractivity (Wildman–Crippen MR) is 68.0 cm³/mol. The minimum atomic E-state index is 0.0411. The summed E-state index contributed by atoms with van der Waals surface area (Å²) in [5.41, 5.74) is 1.76. The Kier molecular flexibility index (Phi) is 2.39. The van der Waals surface area contributed by atoms with Gasteiger partial charge in [0.25, 0.3) is 5.91 Å². The number of nitrogens with one attached hydrogen (secondary N) is 2. The number of aromatic amines is 1. The molecule has 1 fully saturated rings. The highest BCUT2D eigenvalue weighted by Crippen LogP contribution is 2.27. The average Bonchev–Trinajstić information content (AvgIpc) is 2.70. The lowest BCUT2D eigenvalue weighted by Crippen LogP contribution is -2.43. The van der Waals surface area contributed by atoms with Gasteiger partial charge in [0.1, 0.15) is 0 Å². The summed E-state index contributed by atoms with van der Waals surface area (Å²) >= 11 is 0. The summed E-state index contributed by atoms with van der Waals surface area (Å²) in [6.07, 6.45) is 4.00. The second kappa shape index (κ2) is 3.91. The Bertz CT molecular complexity index is 552. The summed E-state index contributed by atoms with van der Waals surface area (Å²) in [5.74, 6) is 0.794. The quantitative estimate of drug-likeness (QED) is 0.815.